The van der Waals surface area contributed by atoms with E-state index in [-0.39, 0.29) is 5.91 Å². The van der Waals surface area contributed by atoms with Crippen LogP contribution in [0.5, 0.6) is 0 Å². The quantitative estimate of drug-likeness (QED) is 0.507. The van der Waals surface area contributed by atoms with Crippen molar-refractivity contribution in [2.75, 3.05) is 46.9 Å². The Labute approximate surface area is 91.9 Å². The van der Waals surface area contributed by atoms with Gasteiger partial charge < -0.3 is 20.7 Å². The van der Waals surface area contributed by atoms with Crippen molar-refractivity contribution in [1.82, 2.24) is 10.2 Å². The third kappa shape index (κ3) is 9.65. The molecular weight excluding hydrogens is 194 g/mol. The Bertz CT molecular complexity index is 165. The van der Waals surface area contributed by atoms with E-state index >= 15 is 0 Å². The van der Waals surface area contributed by atoms with Crippen LogP contribution in [0.25, 0.3) is 0 Å². The first-order valence-corrected chi connectivity index (χ1v) is 5.35. The summed E-state index contributed by atoms with van der Waals surface area (Å²) in [5.41, 5.74) is 5.26. The fourth-order valence-corrected chi connectivity index (χ4v) is 1.20. The number of methoxy groups -OCH3 is 1. The fourth-order valence-electron chi connectivity index (χ4n) is 1.20. The van der Waals surface area contributed by atoms with Gasteiger partial charge in [0.05, 0.1) is 0 Å². The molecule has 0 aromatic heterocycles. The van der Waals surface area contributed by atoms with Crippen LogP contribution in [0.2, 0.25) is 0 Å². The number of rotatable bonds is 9. The van der Waals surface area contributed by atoms with Crippen molar-refractivity contribution in [3.8, 4) is 0 Å². The van der Waals surface area contributed by atoms with E-state index in [1.54, 1.807) is 7.11 Å². The summed E-state index contributed by atoms with van der Waals surface area (Å²) in [6.07, 6.45) is 1.43. The Balaban J connectivity index is 3.30. The molecule has 0 rings (SSSR count). The number of carbonyl (C=O) groups is 1. The summed E-state index contributed by atoms with van der Waals surface area (Å²) in [5.74, 6) is 0.0304. The molecule has 0 saturated carbocycles. The minimum Gasteiger partial charge on any atom is -0.385 e. The summed E-state index contributed by atoms with van der Waals surface area (Å²) >= 11 is 0. The molecule has 1 amide bonds. The number of nitrogens with one attached hydrogen (secondary N) is 1. The molecule has 0 saturated heterocycles. The average molecular weight is 217 g/mol. The van der Waals surface area contributed by atoms with Crippen LogP contribution in [0.15, 0.2) is 0 Å². The summed E-state index contributed by atoms with van der Waals surface area (Å²) in [5, 5.41) is 2.81. The van der Waals surface area contributed by atoms with E-state index in [0.717, 1.165) is 26.1 Å². The van der Waals surface area contributed by atoms with Crippen molar-refractivity contribution in [1.29, 1.82) is 0 Å². The van der Waals surface area contributed by atoms with Crippen LogP contribution in [0.1, 0.15) is 12.8 Å². The van der Waals surface area contributed by atoms with Crippen molar-refractivity contribution in [3.63, 3.8) is 0 Å². The normalized spacial score (nSPS) is 10.7. The Morgan fingerprint density at radius 2 is 2.20 bits per heavy atom. The van der Waals surface area contributed by atoms with Crippen molar-refractivity contribution in [3.05, 3.63) is 0 Å². The predicted octanol–water partition coefficient (Wildman–Crippen LogP) is -0.580. The molecule has 0 aromatic rings. The monoisotopic (exact) mass is 217 g/mol. The third-order valence-corrected chi connectivity index (χ3v) is 2.08. The van der Waals surface area contributed by atoms with Gasteiger partial charge in [0.2, 0.25) is 5.91 Å². The maximum Gasteiger partial charge on any atom is 0.221 e. The SMILES string of the molecule is COCCCN(C)CCNC(=O)CCN. The van der Waals surface area contributed by atoms with Crippen LogP contribution in [0, 0.1) is 0 Å². The molecule has 0 unspecified atom stereocenters. The lowest BCUT2D eigenvalue weighted by Gasteiger charge is -2.16. The zero-order valence-electron chi connectivity index (χ0n) is 9.79. The Kier molecular flexibility index (Phi) is 9.46. The first kappa shape index (κ1) is 14.3. The molecule has 90 valence electrons. The maximum absolute atomic E-state index is 11.1. The molecule has 0 spiro atoms. The van der Waals surface area contributed by atoms with Gasteiger partial charge in [-0.05, 0) is 13.5 Å². The summed E-state index contributed by atoms with van der Waals surface area (Å²) in [6, 6.07) is 0. The summed E-state index contributed by atoms with van der Waals surface area (Å²) in [7, 11) is 3.73. The van der Waals surface area contributed by atoms with Gasteiger partial charge in [-0.3, -0.25) is 4.79 Å². The molecule has 0 atom stereocenters. The second-order valence-corrected chi connectivity index (χ2v) is 3.54. The van der Waals surface area contributed by atoms with Crippen molar-refractivity contribution >= 4 is 5.91 Å². The molecule has 0 aliphatic carbocycles. The highest BCUT2D eigenvalue weighted by atomic mass is 16.5. The van der Waals surface area contributed by atoms with E-state index in [9.17, 15) is 4.79 Å². The number of nitrogens with two attached hydrogens (primary N) is 1. The topological polar surface area (TPSA) is 67.6 Å². The van der Waals surface area contributed by atoms with Gasteiger partial charge in [0, 0.05) is 46.3 Å². The lowest BCUT2D eigenvalue weighted by atomic mass is 10.4. The largest absolute Gasteiger partial charge is 0.385 e. The lowest BCUT2D eigenvalue weighted by molar-refractivity contribution is -0.120. The van der Waals surface area contributed by atoms with Crippen LogP contribution >= 0.6 is 0 Å². The fraction of sp³-hybridized carbons (Fsp3) is 0.900. The number of carbonyl (C=O) groups excluding carboxylic acids is 1. The van der Waals surface area contributed by atoms with Gasteiger partial charge in [-0.15, -0.1) is 0 Å². The molecule has 0 aromatic carbocycles. The van der Waals surface area contributed by atoms with E-state index in [0.29, 0.717) is 19.5 Å². The van der Waals surface area contributed by atoms with Gasteiger partial charge in [-0.2, -0.15) is 0 Å². The van der Waals surface area contributed by atoms with E-state index in [1.165, 1.54) is 0 Å². The molecule has 0 aliphatic rings. The summed E-state index contributed by atoms with van der Waals surface area (Å²) < 4.78 is 4.96. The number of amides is 1. The highest BCUT2D eigenvalue weighted by Crippen LogP contribution is 1.87. The molecular formula is C10H23N3O2. The molecule has 5 heteroatoms. The second kappa shape index (κ2) is 9.89. The van der Waals surface area contributed by atoms with Crippen LogP contribution in [0.3, 0.4) is 0 Å². The Morgan fingerprint density at radius 3 is 2.80 bits per heavy atom. The first-order chi connectivity index (χ1) is 7.20. The van der Waals surface area contributed by atoms with E-state index < -0.39 is 0 Å². The van der Waals surface area contributed by atoms with Gasteiger partial charge in [0.15, 0.2) is 0 Å². The molecule has 0 radical (unpaired) electrons. The third-order valence-electron chi connectivity index (χ3n) is 2.08. The lowest BCUT2D eigenvalue weighted by Crippen LogP contribution is -2.34. The molecule has 15 heavy (non-hydrogen) atoms. The number of hydrogen-bond acceptors (Lipinski definition) is 4. The van der Waals surface area contributed by atoms with Crippen LogP contribution in [-0.2, 0) is 9.53 Å². The van der Waals surface area contributed by atoms with Gasteiger partial charge in [-0.1, -0.05) is 0 Å². The minimum atomic E-state index is 0.0304. The van der Waals surface area contributed by atoms with Crippen molar-refractivity contribution in [2.24, 2.45) is 5.73 Å². The van der Waals surface area contributed by atoms with Crippen molar-refractivity contribution in [2.45, 2.75) is 12.8 Å². The first-order valence-electron chi connectivity index (χ1n) is 5.35. The second-order valence-electron chi connectivity index (χ2n) is 3.54. The maximum atomic E-state index is 11.1. The summed E-state index contributed by atoms with van der Waals surface area (Å²) in [6.45, 7) is 3.72. The zero-order chi connectivity index (χ0) is 11.5. The van der Waals surface area contributed by atoms with Crippen molar-refractivity contribution < 1.29 is 9.53 Å². The van der Waals surface area contributed by atoms with Gasteiger partial charge >= 0.3 is 0 Å². The van der Waals surface area contributed by atoms with E-state index in [1.807, 2.05) is 7.05 Å². The number of likely N-dealkylation sites (N-methyl/N-ethyl adjacent to an activating group) is 1. The molecule has 0 aliphatic heterocycles. The summed E-state index contributed by atoms with van der Waals surface area (Å²) in [4.78, 5) is 13.2. The van der Waals surface area contributed by atoms with Gasteiger partial charge in [-0.25, -0.2) is 0 Å². The number of ether oxygens (including phenoxy) is 1. The van der Waals surface area contributed by atoms with E-state index in [2.05, 4.69) is 10.2 Å². The number of hydrogen-bond donors (Lipinski definition) is 2. The predicted molar refractivity (Wildman–Crippen MR) is 60.7 cm³/mol. The van der Waals surface area contributed by atoms with Crippen LogP contribution < -0.4 is 11.1 Å². The average Bonchev–Trinajstić information content (AvgIpc) is 2.18. The number of nitrogens with zero attached hydrogens (tertiary/aromatic N) is 1. The Hall–Kier alpha value is -0.650. The van der Waals surface area contributed by atoms with Crippen LogP contribution in [0.4, 0.5) is 0 Å². The smallest absolute Gasteiger partial charge is 0.221 e. The molecule has 0 bridgehead atoms. The highest BCUT2D eigenvalue weighted by Gasteiger charge is 2.00. The highest BCUT2D eigenvalue weighted by molar-refractivity contribution is 5.75. The molecule has 0 fully saturated rings. The Morgan fingerprint density at radius 1 is 1.47 bits per heavy atom. The standard InChI is InChI=1S/C10H23N3O2/c1-13(7-3-9-15-2)8-6-12-10(14)4-5-11/h3-9,11H2,1-2H3,(H,12,14). The van der Waals surface area contributed by atoms with Crippen LogP contribution in [-0.4, -0.2) is 57.8 Å². The molecule has 3 N–H and O–H groups in total. The van der Waals surface area contributed by atoms with E-state index in [4.69, 9.17) is 10.5 Å². The van der Waals surface area contributed by atoms with Gasteiger partial charge in [0.1, 0.15) is 0 Å². The zero-order valence-corrected chi connectivity index (χ0v) is 9.79. The van der Waals surface area contributed by atoms with Gasteiger partial charge in [0.25, 0.3) is 0 Å². The minimum absolute atomic E-state index is 0.0304. The molecule has 0 heterocycles. The molecule has 5 nitrogen and oxygen atoms in total.